The molecule has 0 aromatic carbocycles. The molecule has 1 N–H and O–H groups in total. The minimum Gasteiger partial charge on any atom is -0.345 e. The third kappa shape index (κ3) is 2.78. The largest absolute Gasteiger partial charge is 0.345 e. The molecule has 3 aromatic rings. The molecule has 22 heavy (non-hydrogen) atoms. The number of aromatic nitrogens is 5. The fraction of sp³-hybridized carbons (Fsp3) is 0.267. The van der Waals surface area contributed by atoms with Crippen LogP contribution in [-0.4, -0.2) is 30.5 Å². The van der Waals surface area contributed by atoms with Crippen LogP contribution in [0.2, 0.25) is 0 Å². The fourth-order valence-electron chi connectivity index (χ4n) is 2.13. The third-order valence-corrected chi connectivity index (χ3v) is 3.22. The van der Waals surface area contributed by atoms with Gasteiger partial charge < -0.3 is 5.32 Å². The zero-order valence-corrected chi connectivity index (χ0v) is 12.7. The zero-order chi connectivity index (χ0) is 15.7. The molecule has 7 nitrogen and oxygen atoms in total. The molecule has 0 radical (unpaired) electrons. The molecule has 0 saturated carbocycles. The van der Waals surface area contributed by atoms with Gasteiger partial charge in [-0.2, -0.15) is 5.10 Å². The van der Waals surface area contributed by atoms with Crippen LogP contribution < -0.4 is 5.32 Å². The molecule has 0 saturated heterocycles. The predicted octanol–water partition coefficient (Wildman–Crippen LogP) is 1.37. The van der Waals surface area contributed by atoms with Crippen molar-refractivity contribution >= 4 is 11.6 Å². The number of carbonyl (C=O) groups is 1. The number of aryl methyl sites for hydroxylation is 3. The van der Waals surface area contributed by atoms with Crippen molar-refractivity contribution in [3.05, 3.63) is 53.0 Å². The Kier molecular flexibility index (Phi) is 3.54. The van der Waals surface area contributed by atoms with Gasteiger partial charge in [0, 0.05) is 18.0 Å². The smallest absolute Gasteiger partial charge is 0.270 e. The minimum absolute atomic E-state index is 0.244. The van der Waals surface area contributed by atoms with Gasteiger partial charge in [-0.05, 0) is 26.8 Å². The Morgan fingerprint density at radius 1 is 1.14 bits per heavy atom. The summed E-state index contributed by atoms with van der Waals surface area (Å²) in [6, 6.07) is 3.56. The Morgan fingerprint density at radius 2 is 1.95 bits per heavy atom. The van der Waals surface area contributed by atoms with Crippen molar-refractivity contribution in [3.8, 4) is 0 Å². The van der Waals surface area contributed by atoms with Gasteiger partial charge in [0.15, 0.2) is 5.65 Å². The van der Waals surface area contributed by atoms with Gasteiger partial charge in [0.1, 0.15) is 5.69 Å². The number of rotatable bonds is 3. The highest BCUT2D eigenvalue weighted by Crippen LogP contribution is 2.09. The Bertz CT molecular complexity index is 837. The first-order valence-corrected chi connectivity index (χ1v) is 6.92. The Hall–Kier alpha value is -2.83. The third-order valence-electron chi connectivity index (χ3n) is 3.22. The van der Waals surface area contributed by atoms with Crippen molar-refractivity contribution < 1.29 is 4.79 Å². The van der Waals surface area contributed by atoms with Gasteiger partial charge in [0.25, 0.3) is 5.91 Å². The molecule has 3 aromatic heterocycles. The highest BCUT2D eigenvalue weighted by molar-refractivity contribution is 5.92. The molecular weight excluding hydrogens is 280 g/mol. The van der Waals surface area contributed by atoms with E-state index in [1.807, 2.05) is 26.8 Å². The van der Waals surface area contributed by atoms with Crippen LogP contribution >= 0.6 is 0 Å². The minimum atomic E-state index is -0.244. The quantitative estimate of drug-likeness (QED) is 0.789. The number of amides is 1. The average Bonchev–Trinajstić information content (AvgIpc) is 2.87. The molecule has 3 heterocycles. The number of carbonyl (C=O) groups excluding carboxylic acids is 1. The number of nitrogens with zero attached hydrogens (tertiary/aromatic N) is 5. The molecule has 3 rings (SSSR count). The van der Waals surface area contributed by atoms with Crippen molar-refractivity contribution in [3.63, 3.8) is 0 Å². The summed E-state index contributed by atoms with van der Waals surface area (Å²) in [6.45, 7) is 5.97. The lowest BCUT2D eigenvalue weighted by atomic mass is 10.3. The van der Waals surface area contributed by atoms with Crippen LogP contribution in [0.5, 0.6) is 0 Å². The molecule has 0 aliphatic heterocycles. The lowest BCUT2D eigenvalue weighted by molar-refractivity contribution is 0.0945. The fourth-order valence-corrected chi connectivity index (χ4v) is 2.13. The SMILES string of the molecule is Cc1cnc(CNC(=O)c2cc(C)n3nc(C)cc3n2)cn1. The summed E-state index contributed by atoms with van der Waals surface area (Å²) in [4.78, 5) is 24.9. The first-order chi connectivity index (χ1) is 10.5. The summed E-state index contributed by atoms with van der Waals surface area (Å²) >= 11 is 0. The number of hydrogen-bond acceptors (Lipinski definition) is 5. The van der Waals surface area contributed by atoms with Gasteiger partial charge in [-0.25, -0.2) is 9.50 Å². The molecular formula is C15H16N6O. The van der Waals surface area contributed by atoms with Crippen LogP contribution in [0.15, 0.2) is 24.5 Å². The second kappa shape index (κ2) is 5.51. The lowest BCUT2D eigenvalue weighted by Crippen LogP contribution is -2.25. The molecule has 0 unspecified atom stereocenters. The maximum Gasteiger partial charge on any atom is 0.270 e. The van der Waals surface area contributed by atoms with E-state index in [2.05, 4.69) is 25.4 Å². The number of fused-ring (bicyclic) bond motifs is 1. The van der Waals surface area contributed by atoms with E-state index in [4.69, 9.17) is 0 Å². The first-order valence-electron chi connectivity index (χ1n) is 6.92. The van der Waals surface area contributed by atoms with Crippen molar-refractivity contribution in [2.45, 2.75) is 27.3 Å². The van der Waals surface area contributed by atoms with E-state index in [-0.39, 0.29) is 5.91 Å². The van der Waals surface area contributed by atoms with Gasteiger partial charge in [-0.3, -0.25) is 14.8 Å². The number of hydrogen-bond donors (Lipinski definition) is 1. The lowest BCUT2D eigenvalue weighted by Gasteiger charge is -2.06. The second-order valence-electron chi connectivity index (χ2n) is 5.17. The topological polar surface area (TPSA) is 85.1 Å². The van der Waals surface area contributed by atoms with Crippen LogP contribution in [0.3, 0.4) is 0 Å². The highest BCUT2D eigenvalue weighted by atomic mass is 16.1. The molecule has 0 spiro atoms. The summed E-state index contributed by atoms with van der Waals surface area (Å²) in [5.74, 6) is -0.244. The molecule has 1 amide bonds. The molecule has 0 atom stereocenters. The maximum atomic E-state index is 12.2. The molecule has 0 aliphatic carbocycles. The molecule has 0 aliphatic rings. The van der Waals surface area contributed by atoms with Crippen molar-refractivity contribution in [2.75, 3.05) is 0 Å². The Labute approximate surface area is 127 Å². The van der Waals surface area contributed by atoms with Crippen LogP contribution in [0.25, 0.3) is 5.65 Å². The highest BCUT2D eigenvalue weighted by Gasteiger charge is 2.11. The molecule has 0 bridgehead atoms. The van der Waals surface area contributed by atoms with E-state index in [1.165, 1.54) is 0 Å². The number of nitrogens with one attached hydrogen (secondary N) is 1. The van der Waals surface area contributed by atoms with Crippen molar-refractivity contribution in [1.82, 2.24) is 29.9 Å². The van der Waals surface area contributed by atoms with E-state index in [9.17, 15) is 4.79 Å². The molecule has 0 fully saturated rings. The van der Waals surface area contributed by atoms with Gasteiger partial charge in [0.05, 0.1) is 29.8 Å². The predicted molar refractivity (Wildman–Crippen MR) is 80.4 cm³/mol. The normalized spacial score (nSPS) is 10.9. The van der Waals surface area contributed by atoms with E-state index in [0.29, 0.717) is 23.6 Å². The monoisotopic (exact) mass is 296 g/mol. The Balaban J connectivity index is 1.78. The molecule has 7 heteroatoms. The summed E-state index contributed by atoms with van der Waals surface area (Å²) in [6.07, 6.45) is 3.32. The molecule has 112 valence electrons. The van der Waals surface area contributed by atoms with Gasteiger partial charge in [-0.15, -0.1) is 0 Å². The zero-order valence-electron chi connectivity index (χ0n) is 12.7. The van der Waals surface area contributed by atoms with E-state index >= 15 is 0 Å². The summed E-state index contributed by atoms with van der Waals surface area (Å²) in [7, 11) is 0. The van der Waals surface area contributed by atoms with Crippen LogP contribution in [0, 0.1) is 20.8 Å². The van der Waals surface area contributed by atoms with Crippen molar-refractivity contribution in [2.24, 2.45) is 0 Å². The summed E-state index contributed by atoms with van der Waals surface area (Å²) in [5, 5.41) is 7.12. The summed E-state index contributed by atoms with van der Waals surface area (Å²) in [5.41, 5.74) is 4.30. The summed E-state index contributed by atoms with van der Waals surface area (Å²) < 4.78 is 1.72. The van der Waals surface area contributed by atoms with E-state index < -0.39 is 0 Å². The van der Waals surface area contributed by atoms with Crippen LogP contribution in [0.1, 0.15) is 33.3 Å². The van der Waals surface area contributed by atoms with Crippen LogP contribution in [0.4, 0.5) is 0 Å². The van der Waals surface area contributed by atoms with Crippen LogP contribution in [-0.2, 0) is 6.54 Å². The van der Waals surface area contributed by atoms with Gasteiger partial charge in [-0.1, -0.05) is 0 Å². The van der Waals surface area contributed by atoms with Crippen molar-refractivity contribution in [1.29, 1.82) is 0 Å². The van der Waals surface area contributed by atoms with Gasteiger partial charge in [0.2, 0.25) is 0 Å². The Morgan fingerprint density at radius 3 is 2.68 bits per heavy atom. The standard InChI is InChI=1S/C15H16N6O/c1-9-4-14-19-13(5-11(3)21(14)20-9)15(22)18-8-12-7-16-10(2)6-17-12/h4-7H,8H2,1-3H3,(H,18,22). The van der Waals surface area contributed by atoms with E-state index in [0.717, 1.165) is 17.1 Å². The first kappa shape index (κ1) is 14.1. The second-order valence-corrected chi connectivity index (χ2v) is 5.17. The van der Waals surface area contributed by atoms with E-state index in [1.54, 1.807) is 23.0 Å². The maximum absolute atomic E-state index is 12.2. The average molecular weight is 296 g/mol. The van der Waals surface area contributed by atoms with Gasteiger partial charge >= 0.3 is 0 Å².